The van der Waals surface area contributed by atoms with Crippen LogP contribution < -0.4 is 0 Å². The summed E-state index contributed by atoms with van der Waals surface area (Å²) < 4.78 is 0. The maximum atomic E-state index is 12.0. The molecular formula is C16H14OS. The molecule has 0 aromatic heterocycles. The van der Waals surface area contributed by atoms with E-state index < -0.39 is 0 Å². The molecule has 0 fully saturated rings. The molecule has 2 aromatic rings. The van der Waals surface area contributed by atoms with Gasteiger partial charge in [-0.1, -0.05) is 48.5 Å². The highest BCUT2D eigenvalue weighted by Gasteiger charge is 2.02. The van der Waals surface area contributed by atoms with E-state index in [9.17, 15) is 4.79 Å². The minimum atomic E-state index is 0.0368. The van der Waals surface area contributed by atoms with Gasteiger partial charge in [0.25, 0.3) is 0 Å². The summed E-state index contributed by atoms with van der Waals surface area (Å²) >= 11 is 1.64. The van der Waals surface area contributed by atoms with Crippen LogP contribution in [0.25, 0.3) is 6.08 Å². The quantitative estimate of drug-likeness (QED) is 0.459. The first kappa shape index (κ1) is 12.7. The zero-order valence-corrected chi connectivity index (χ0v) is 11.0. The van der Waals surface area contributed by atoms with Crippen LogP contribution in [0.15, 0.2) is 65.6 Å². The number of benzene rings is 2. The van der Waals surface area contributed by atoms with Gasteiger partial charge in [-0.3, -0.25) is 4.79 Å². The fourth-order valence-corrected chi connectivity index (χ4v) is 2.07. The van der Waals surface area contributed by atoms with Crippen molar-refractivity contribution in [2.75, 3.05) is 6.26 Å². The van der Waals surface area contributed by atoms with Crippen molar-refractivity contribution in [2.45, 2.75) is 4.90 Å². The highest BCUT2D eigenvalue weighted by Crippen LogP contribution is 2.16. The Bertz CT molecular complexity index is 558. The number of ketones is 1. The molecule has 1 nitrogen and oxygen atoms in total. The molecule has 0 unspecified atom stereocenters. The number of hydrogen-bond acceptors (Lipinski definition) is 2. The van der Waals surface area contributed by atoms with Gasteiger partial charge in [0.2, 0.25) is 0 Å². The molecule has 2 rings (SSSR count). The summed E-state index contributed by atoms with van der Waals surface area (Å²) in [7, 11) is 0. The lowest BCUT2D eigenvalue weighted by atomic mass is 10.1. The summed E-state index contributed by atoms with van der Waals surface area (Å²) in [5.74, 6) is 0.0368. The zero-order chi connectivity index (χ0) is 12.8. The third-order valence-corrected chi connectivity index (χ3v) is 3.31. The number of carbonyl (C=O) groups excluding carboxylic acids is 1. The SMILES string of the molecule is CSc1cccc(C(=O)/C=C/c2ccccc2)c1. The minimum absolute atomic E-state index is 0.0368. The van der Waals surface area contributed by atoms with Crippen LogP contribution in [0.1, 0.15) is 15.9 Å². The number of allylic oxidation sites excluding steroid dienone is 1. The zero-order valence-electron chi connectivity index (χ0n) is 10.2. The maximum absolute atomic E-state index is 12.0. The highest BCUT2D eigenvalue weighted by atomic mass is 32.2. The van der Waals surface area contributed by atoms with Crippen LogP contribution in [-0.2, 0) is 0 Å². The van der Waals surface area contributed by atoms with E-state index in [0.29, 0.717) is 0 Å². The van der Waals surface area contributed by atoms with Crippen LogP contribution in [0.4, 0.5) is 0 Å². The van der Waals surface area contributed by atoms with Crippen molar-refractivity contribution in [3.63, 3.8) is 0 Å². The van der Waals surface area contributed by atoms with E-state index in [0.717, 1.165) is 16.0 Å². The Kier molecular flexibility index (Phi) is 4.37. The lowest BCUT2D eigenvalue weighted by Crippen LogP contribution is -1.93. The second-order valence-corrected chi connectivity index (χ2v) is 4.72. The summed E-state index contributed by atoms with van der Waals surface area (Å²) in [5, 5.41) is 0. The van der Waals surface area contributed by atoms with Crippen LogP contribution >= 0.6 is 11.8 Å². The molecule has 0 radical (unpaired) electrons. The molecule has 0 saturated heterocycles. The van der Waals surface area contributed by atoms with E-state index in [-0.39, 0.29) is 5.78 Å². The summed E-state index contributed by atoms with van der Waals surface area (Å²) in [6.45, 7) is 0. The van der Waals surface area contributed by atoms with Crippen molar-refractivity contribution in [3.8, 4) is 0 Å². The van der Waals surface area contributed by atoms with Crippen molar-refractivity contribution in [1.29, 1.82) is 0 Å². The van der Waals surface area contributed by atoms with Crippen molar-refractivity contribution in [3.05, 3.63) is 71.8 Å². The van der Waals surface area contributed by atoms with Crippen LogP contribution in [0.5, 0.6) is 0 Å². The van der Waals surface area contributed by atoms with Crippen LogP contribution in [0, 0.1) is 0 Å². The van der Waals surface area contributed by atoms with E-state index in [1.807, 2.05) is 66.9 Å². The summed E-state index contributed by atoms with van der Waals surface area (Å²) in [5.41, 5.74) is 1.76. The standard InChI is InChI=1S/C16H14OS/c1-18-15-9-5-8-14(12-15)16(17)11-10-13-6-3-2-4-7-13/h2-12H,1H3/b11-10+. The van der Waals surface area contributed by atoms with Crippen LogP contribution in [0.3, 0.4) is 0 Å². The number of rotatable bonds is 4. The van der Waals surface area contributed by atoms with Gasteiger partial charge in [0.1, 0.15) is 0 Å². The second-order valence-electron chi connectivity index (χ2n) is 3.84. The average Bonchev–Trinajstić information content (AvgIpc) is 2.46. The van der Waals surface area contributed by atoms with E-state index in [4.69, 9.17) is 0 Å². The predicted octanol–water partition coefficient (Wildman–Crippen LogP) is 4.30. The Morgan fingerprint density at radius 2 is 1.83 bits per heavy atom. The first-order chi connectivity index (χ1) is 8.79. The van der Waals surface area contributed by atoms with Crippen molar-refractivity contribution >= 4 is 23.6 Å². The number of hydrogen-bond donors (Lipinski definition) is 0. The average molecular weight is 254 g/mol. The monoisotopic (exact) mass is 254 g/mol. The summed E-state index contributed by atoms with van der Waals surface area (Å²) in [6.07, 6.45) is 5.46. The third-order valence-electron chi connectivity index (χ3n) is 2.58. The van der Waals surface area contributed by atoms with Crippen molar-refractivity contribution < 1.29 is 4.79 Å². The van der Waals surface area contributed by atoms with E-state index >= 15 is 0 Å². The normalized spacial score (nSPS) is 10.7. The van der Waals surface area contributed by atoms with Gasteiger partial charge in [-0.2, -0.15) is 0 Å². The molecule has 0 aliphatic heterocycles. The second kappa shape index (κ2) is 6.22. The lowest BCUT2D eigenvalue weighted by molar-refractivity contribution is 0.104. The molecule has 0 N–H and O–H groups in total. The molecule has 2 heteroatoms. The molecule has 0 aliphatic carbocycles. The first-order valence-electron chi connectivity index (χ1n) is 5.71. The van der Waals surface area contributed by atoms with Gasteiger partial charge in [0.05, 0.1) is 0 Å². The van der Waals surface area contributed by atoms with Crippen LogP contribution in [-0.4, -0.2) is 12.0 Å². The molecule has 0 spiro atoms. The number of thioether (sulfide) groups is 1. The lowest BCUT2D eigenvalue weighted by Gasteiger charge is -1.99. The van der Waals surface area contributed by atoms with E-state index in [1.54, 1.807) is 17.8 Å². The Balaban J connectivity index is 2.14. The van der Waals surface area contributed by atoms with Crippen LogP contribution in [0.2, 0.25) is 0 Å². The Hall–Kier alpha value is -1.80. The van der Waals surface area contributed by atoms with E-state index in [2.05, 4.69) is 0 Å². The van der Waals surface area contributed by atoms with Crippen molar-refractivity contribution in [1.82, 2.24) is 0 Å². The van der Waals surface area contributed by atoms with Gasteiger partial charge < -0.3 is 0 Å². The molecule has 2 aromatic carbocycles. The van der Waals surface area contributed by atoms with Gasteiger partial charge in [-0.25, -0.2) is 0 Å². The first-order valence-corrected chi connectivity index (χ1v) is 6.93. The van der Waals surface area contributed by atoms with E-state index in [1.165, 1.54) is 0 Å². The minimum Gasteiger partial charge on any atom is -0.289 e. The summed E-state index contributed by atoms with van der Waals surface area (Å²) in [6, 6.07) is 17.5. The maximum Gasteiger partial charge on any atom is 0.185 e. The predicted molar refractivity (Wildman–Crippen MR) is 78.0 cm³/mol. The third kappa shape index (κ3) is 3.34. The highest BCUT2D eigenvalue weighted by molar-refractivity contribution is 7.98. The van der Waals surface area contributed by atoms with Crippen molar-refractivity contribution in [2.24, 2.45) is 0 Å². The molecule has 0 amide bonds. The van der Waals surface area contributed by atoms with Gasteiger partial charge in [-0.05, 0) is 30.0 Å². The smallest absolute Gasteiger partial charge is 0.185 e. The molecular weight excluding hydrogens is 240 g/mol. The van der Waals surface area contributed by atoms with Gasteiger partial charge in [0.15, 0.2) is 5.78 Å². The Morgan fingerprint density at radius 3 is 2.56 bits per heavy atom. The topological polar surface area (TPSA) is 17.1 Å². The Morgan fingerprint density at radius 1 is 1.06 bits per heavy atom. The fraction of sp³-hybridized carbons (Fsp3) is 0.0625. The molecule has 90 valence electrons. The van der Waals surface area contributed by atoms with Gasteiger partial charge >= 0.3 is 0 Å². The fourth-order valence-electron chi connectivity index (χ4n) is 1.61. The van der Waals surface area contributed by atoms with Gasteiger partial charge in [0, 0.05) is 10.5 Å². The Labute approximate surface area is 112 Å². The molecule has 18 heavy (non-hydrogen) atoms. The molecule has 0 aliphatic rings. The van der Waals surface area contributed by atoms with Gasteiger partial charge in [-0.15, -0.1) is 11.8 Å². The molecule has 0 heterocycles. The molecule has 0 bridgehead atoms. The number of carbonyl (C=O) groups is 1. The largest absolute Gasteiger partial charge is 0.289 e. The summed E-state index contributed by atoms with van der Waals surface area (Å²) in [4.78, 5) is 13.1. The molecule has 0 saturated carbocycles. The molecule has 0 atom stereocenters.